The zero-order valence-electron chi connectivity index (χ0n) is 12.2. The molecule has 6 nitrogen and oxygen atoms in total. The van der Waals surface area contributed by atoms with Gasteiger partial charge in [0.15, 0.2) is 0 Å². The number of hydrogen-bond acceptors (Lipinski definition) is 6. The highest BCUT2D eigenvalue weighted by molar-refractivity contribution is 7.18. The molecule has 2 aromatic rings. The van der Waals surface area contributed by atoms with E-state index in [1.807, 2.05) is 13.8 Å². The van der Waals surface area contributed by atoms with E-state index >= 15 is 0 Å². The quantitative estimate of drug-likeness (QED) is 0.885. The highest BCUT2D eigenvalue weighted by atomic mass is 32.1. The van der Waals surface area contributed by atoms with Crippen molar-refractivity contribution in [1.29, 1.82) is 0 Å². The van der Waals surface area contributed by atoms with Crippen molar-refractivity contribution in [1.82, 2.24) is 15.3 Å². The number of fused-ring (bicyclic) bond motifs is 1. The molecule has 0 aromatic carbocycles. The molecule has 7 heteroatoms. The van der Waals surface area contributed by atoms with Crippen LogP contribution in [-0.2, 0) is 16.0 Å². The summed E-state index contributed by atoms with van der Waals surface area (Å²) in [7, 11) is 0. The van der Waals surface area contributed by atoms with Gasteiger partial charge in [-0.3, -0.25) is 4.79 Å². The highest BCUT2D eigenvalue weighted by Gasteiger charge is 2.15. The number of ether oxygens (including phenoxy) is 2. The molecule has 1 unspecified atom stereocenters. The van der Waals surface area contributed by atoms with Crippen molar-refractivity contribution >= 4 is 21.6 Å². The van der Waals surface area contributed by atoms with Crippen LogP contribution in [0.2, 0.25) is 0 Å². The maximum absolute atomic E-state index is 12.1. The average Bonchev–Trinajstić information content (AvgIpc) is 2.75. The normalized spacial score (nSPS) is 19.2. The summed E-state index contributed by atoms with van der Waals surface area (Å²) in [5.41, 5.74) is 0.965. The molecular weight excluding hydrogens is 290 g/mol. The van der Waals surface area contributed by atoms with Gasteiger partial charge < -0.3 is 19.8 Å². The lowest BCUT2D eigenvalue weighted by molar-refractivity contribution is -0.0864. The molecule has 1 fully saturated rings. The molecular formula is C14H19N3O3S. The van der Waals surface area contributed by atoms with Crippen LogP contribution < -0.4 is 10.9 Å². The van der Waals surface area contributed by atoms with Crippen molar-refractivity contribution in [3.63, 3.8) is 0 Å². The SMILES string of the molecule is Cc1sc2nc(CNCC3COCCO3)[nH]c(=O)c2c1C. The van der Waals surface area contributed by atoms with Crippen LogP contribution in [0.15, 0.2) is 4.79 Å². The van der Waals surface area contributed by atoms with E-state index in [9.17, 15) is 4.79 Å². The topological polar surface area (TPSA) is 76.2 Å². The molecule has 114 valence electrons. The summed E-state index contributed by atoms with van der Waals surface area (Å²) < 4.78 is 10.9. The van der Waals surface area contributed by atoms with Gasteiger partial charge in [-0.1, -0.05) is 0 Å². The molecule has 1 atom stereocenters. The van der Waals surface area contributed by atoms with E-state index < -0.39 is 0 Å². The maximum atomic E-state index is 12.1. The molecule has 0 saturated carbocycles. The second kappa shape index (κ2) is 6.23. The molecule has 21 heavy (non-hydrogen) atoms. The lowest BCUT2D eigenvalue weighted by Gasteiger charge is -2.23. The summed E-state index contributed by atoms with van der Waals surface area (Å²) in [5.74, 6) is 0.658. The number of aromatic nitrogens is 2. The summed E-state index contributed by atoms with van der Waals surface area (Å²) in [6, 6.07) is 0. The van der Waals surface area contributed by atoms with Gasteiger partial charge in [0, 0.05) is 11.4 Å². The Hall–Kier alpha value is -1.28. The van der Waals surface area contributed by atoms with Crippen LogP contribution in [0, 0.1) is 13.8 Å². The standard InChI is InChI=1S/C14H19N3O3S/c1-8-9(2)21-14-12(8)13(18)16-11(17-14)6-15-5-10-7-19-3-4-20-10/h10,15H,3-7H2,1-2H3,(H,16,17,18). The van der Waals surface area contributed by atoms with Crippen LogP contribution in [0.4, 0.5) is 0 Å². The fourth-order valence-corrected chi connectivity index (χ4v) is 3.44. The molecule has 3 rings (SSSR count). The van der Waals surface area contributed by atoms with Gasteiger partial charge in [0.1, 0.15) is 10.7 Å². The predicted octanol–water partition coefficient (Wildman–Crippen LogP) is 1.11. The van der Waals surface area contributed by atoms with Crippen molar-refractivity contribution < 1.29 is 9.47 Å². The molecule has 1 aliphatic rings. The van der Waals surface area contributed by atoms with Crippen molar-refractivity contribution in [2.75, 3.05) is 26.4 Å². The summed E-state index contributed by atoms with van der Waals surface area (Å²) in [6.07, 6.45) is 0.0698. The van der Waals surface area contributed by atoms with E-state index in [0.717, 1.165) is 15.3 Å². The van der Waals surface area contributed by atoms with Gasteiger partial charge in [0.2, 0.25) is 0 Å². The van der Waals surface area contributed by atoms with Gasteiger partial charge >= 0.3 is 0 Å². The molecule has 1 aliphatic heterocycles. The lowest BCUT2D eigenvalue weighted by Crippen LogP contribution is -2.37. The number of nitrogens with one attached hydrogen (secondary N) is 2. The number of hydrogen-bond donors (Lipinski definition) is 2. The fraction of sp³-hybridized carbons (Fsp3) is 0.571. The van der Waals surface area contributed by atoms with Crippen LogP contribution in [0.25, 0.3) is 10.2 Å². The zero-order valence-corrected chi connectivity index (χ0v) is 13.0. The van der Waals surface area contributed by atoms with Crippen molar-refractivity contribution in [3.8, 4) is 0 Å². The first kappa shape index (κ1) is 14.6. The fourth-order valence-electron chi connectivity index (χ4n) is 2.39. The Bertz CT molecular complexity index is 689. The number of rotatable bonds is 4. The van der Waals surface area contributed by atoms with E-state index in [0.29, 0.717) is 44.1 Å². The number of thiophene rings is 1. The van der Waals surface area contributed by atoms with Gasteiger partial charge in [-0.2, -0.15) is 0 Å². The Morgan fingerprint density at radius 3 is 3.05 bits per heavy atom. The summed E-state index contributed by atoms with van der Waals surface area (Å²) in [6.45, 7) is 7.09. The molecule has 2 N–H and O–H groups in total. The summed E-state index contributed by atoms with van der Waals surface area (Å²) in [5, 5.41) is 3.96. The molecule has 0 aliphatic carbocycles. The monoisotopic (exact) mass is 309 g/mol. The molecule has 0 radical (unpaired) electrons. The molecule has 1 saturated heterocycles. The van der Waals surface area contributed by atoms with E-state index in [1.165, 1.54) is 0 Å². The van der Waals surface area contributed by atoms with Gasteiger partial charge in [0.05, 0.1) is 37.9 Å². The van der Waals surface area contributed by atoms with Crippen molar-refractivity contribution in [2.24, 2.45) is 0 Å². The molecule has 3 heterocycles. The summed E-state index contributed by atoms with van der Waals surface area (Å²) >= 11 is 1.57. The predicted molar refractivity (Wildman–Crippen MR) is 82.0 cm³/mol. The lowest BCUT2D eigenvalue weighted by atomic mass is 10.2. The Morgan fingerprint density at radius 2 is 2.29 bits per heavy atom. The zero-order chi connectivity index (χ0) is 14.8. The van der Waals surface area contributed by atoms with Crippen molar-refractivity contribution in [2.45, 2.75) is 26.5 Å². The minimum absolute atomic E-state index is 0.0594. The maximum Gasteiger partial charge on any atom is 0.259 e. The molecule has 0 amide bonds. The molecule has 0 bridgehead atoms. The first-order valence-corrected chi connectivity index (χ1v) is 7.85. The minimum atomic E-state index is -0.0594. The summed E-state index contributed by atoms with van der Waals surface area (Å²) in [4.78, 5) is 21.5. The largest absolute Gasteiger partial charge is 0.376 e. The number of H-pyrrole nitrogens is 1. The Labute approximate surface area is 126 Å². The third-order valence-electron chi connectivity index (χ3n) is 3.64. The van der Waals surface area contributed by atoms with Gasteiger partial charge in [0.25, 0.3) is 5.56 Å². The number of aromatic amines is 1. The first-order valence-electron chi connectivity index (χ1n) is 7.04. The van der Waals surface area contributed by atoms with Crippen LogP contribution in [-0.4, -0.2) is 42.4 Å². The van der Waals surface area contributed by atoms with Crippen molar-refractivity contribution in [3.05, 3.63) is 26.6 Å². The third kappa shape index (κ3) is 3.16. The van der Waals surface area contributed by atoms with Crippen LogP contribution >= 0.6 is 11.3 Å². The van der Waals surface area contributed by atoms with E-state index in [1.54, 1.807) is 11.3 Å². The third-order valence-corrected chi connectivity index (χ3v) is 4.74. The van der Waals surface area contributed by atoms with E-state index in [4.69, 9.17) is 9.47 Å². The Kier molecular flexibility index (Phi) is 4.34. The average molecular weight is 309 g/mol. The van der Waals surface area contributed by atoms with Crippen LogP contribution in [0.3, 0.4) is 0 Å². The van der Waals surface area contributed by atoms with Gasteiger partial charge in [-0.25, -0.2) is 4.98 Å². The first-order chi connectivity index (χ1) is 10.1. The van der Waals surface area contributed by atoms with Gasteiger partial charge in [-0.15, -0.1) is 11.3 Å². The molecule has 2 aromatic heterocycles. The number of aryl methyl sites for hydroxylation is 2. The van der Waals surface area contributed by atoms with Crippen LogP contribution in [0.1, 0.15) is 16.3 Å². The van der Waals surface area contributed by atoms with E-state index in [-0.39, 0.29) is 11.7 Å². The highest BCUT2D eigenvalue weighted by Crippen LogP contribution is 2.25. The Balaban J connectivity index is 1.68. The minimum Gasteiger partial charge on any atom is -0.376 e. The Morgan fingerprint density at radius 1 is 1.43 bits per heavy atom. The second-order valence-corrected chi connectivity index (χ2v) is 6.38. The smallest absolute Gasteiger partial charge is 0.259 e. The second-order valence-electron chi connectivity index (χ2n) is 5.17. The number of nitrogens with zero attached hydrogens (tertiary/aromatic N) is 1. The van der Waals surface area contributed by atoms with Crippen LogP contribution in [0.5, 0.6) is 0 Å². The van der Waals surface area contributed by atoms with E-state index in [2.05, 4.69) is 15.3 Å². The molecule has 0 spiro atoms. The van der Waals surface area contributed by atoms with Gasteiger partial charge in [-0.05, 0) is 19.4 Å².